The first-order valence-corrected chi connectivity index (χ1v) is 34.8. The van der Waals surface area contributed by atoms with E-state index in [2.05, 4.69) is 44.5 Å². The van der Waals surface area contributed by atoms with Gasteiger partial charge in [0.15, 0.2) is 0 Å². The summed E-state index contributed by atoms with van der Waals surface area (Å²) in [5.74, 6) is -3.17. The van der Waals surface area contributed by atoms with Crippen LogP contribution in [0.1, 0.15) is 128 Å². The second-order valence-corrected chi connectivity index (χ2v) is 29.3. The van der Waals surface area contributed by atoms with Gasteiger partial charge in [-0.15, -0.1) is 11.8 Å². The topological polar surface area (TPSA) is 235 Å². The lowest BCUT2D eigenvalue weighted by molar-refractivity contribution is -0.136. The molecule has 4 heterocycles. The summed E-state index contributed by atoms with van der Waals surface area (Å²) in [6.45, 7) is 10.8. The highest BCUT2D eigenvalue weighted by Gasteiger charge is 2.49. The molecule has 492 valence electrons. The van der Waals surface area contributed by atoms with Crippen molar-refractivity contribution in [1.29, 1.82) is 0 Å². The normalized spacial score (nSPS) is 19.0. The van der Waals surface area contributed by atoms with Crippen LogP contribution < -0.4 is 25.6 Å². The number of hydrogen-bond donors (Lipinski definition) is 4. The molecule has 4 aromatic rings. The number of nitrogens with zero attached hydrogens (tertiary/aromatic N) is 5. The van der Waals surface area contributed by atoms with Gasteiger partial charge in [-0.2, -0.15) is 13.2 Å². The monoisotopic (exact) mass is 1320 g/mol. The van der Waals surface area contributed by atoms with E-state index in [-0.39, 0.29) is 53.0 Å². The predicted molar refractivity (Wildman–Crippen MR) is 336 cm³/mol. The molecule has 1 unspecified atom stereocenters. The fourth-order valence-corrected chi connectivity index (χ4v) is 15.3. The molecule has 3 saturated heterocycles. The van der Waals surface area contributed by atoms with Crippen LogP contribution in [0, 0.1) is 5.41 Å². The number of alkyl halides is 5. The number of rotatable bonds is 27. The SMILES string of the molecule is CC1(C)CCC(CN2CCN(c3ccc(C(=O)NS(=O)(=O)c4ccc(N[C@H](CCN5CCN(C(=O)CCCCCNc6ccc7c(c6)C(=O)N(C6CCC(=O)NC6=O)C7=O)CC5)CSc5ccccc5)c(S(=O)(=O)C(F)(F)F)c4)cc3)CC2)=C(CCCC(F)F)C1. The maximum Gasteiger partial charge on any atom is 0.501 e. The molecule has 4 N–H and O–H groups in total. The van der Waals surface area contributed by atoms with Crippen molar-refractivity contribution in [3.05, 3.63) is 119 Å². The Morgan fingerprint density at radius 3 is 2.15 bits per heavy atom. The Morgan fingerprint density at radius 2 is 1.46 bits per heavy atom. The summed E-state index contributed by atoms with van der Waals surface area (Å²) >= 11 is 1.39. The number of piperazine rings is 2. The number of allylic oxidation sites excluding steroid dienone is 1. The van der Waals surface area contributed by atoms with Gasteiger partial charge in [-0.1, -0.05) is 49.6 Å². The van der Waals surface area contributed by atoms with Crippen LogP contribution in [0.3, 0.4) is 0 Å². The number of hydrogen-bond acceptors (Lipinski definition) is 16. The first kappa shape index (κ1) is 68.4. The number of sulfone groups is 1. The zero-order valence-corrected chi connectivity index (χ0v) is 53.5. The van der Waals surface area contributed by atoms with Crippen molar-refractivity contribution < 1.29 is 67.6 Å². The summed E-state index contributed by atoms with van der Waals surface area (Å²) in [7, 11) is -11.1. The molecule has 9 rings (SSSR count). The second-order valence-electron chi connectivity index (χ2n) is 24.6. The summed E-state index contributed by atoms with van der Waals surface area (Å²) < 4.78 is 125. The van der Waals surface area contributed by atoms with Gasteiger partial charge in [0.25, 0.3) is 37.6 Å². The third-order valence-corrected chi connectivity index (χ3v) is 21.5. The molecule has 0 radical (unpaired) electrons. The van der Waals surface area contributed by atoms with Gasteiger partial charge in [-0.3, -0.25) is 48.8 Å². The number of halogens is 5. The smallest absolute Gasteiger partial charge is 0.385 e. The number of nitrogens with one attached hydrogen (secondary N) is 4. The molecular formula is C64H78F5N9O10S3. The standard InChI is InChI=1S/C64H78F5N9O10S3/c1-63(2)27-25-45(44(40-63)10-9-13-56(65)66)41-75-32-34-76(35-33-75)48-18-15-43(16-19-48)59(81)73-91(87,88)50-20-22-53(55(39-50)90(85,86)64(67,68)69)71-47(42-89-49-11-5-3-6-12-49)26-29-74-30-36-77(37-31-74)58(80)14-7-4-8-28-70-46-17-21-51-52(38-46)62(84)78(61(51)83)54-23-24-57(79)72-60(54)82/h3,5-6,11-12,15-22,38-39,47,54,56,70-71H,4,7-10,13-14,23-37,40-42H2,1-2H3,(H,73,81)(H,72,79,82)/t47-,54?/m1/s1. The number of amides is 6. The first-order valence-electron chi connectivity index (χ1n) is 30.9. The number of sulfonamides is 1. The van der Waals surface area contributed by atoms with Crippen LogP contribution in [0.5, 0.6) is 0 Å². The van der Waals surface area contributed by atoms with Crippen LogP contribution in [0.2, 0.25) is 0 Å². The maximum absolute atomic E-state index is 14.5. The van der Waals surface area contributed by atoms with E-state index in [1.165, 1.54) is 41.1 Å². The molecule has 0 spiro atoms. The van der Waals surface area contributed by atoms with Crippen LogP contribution in [0.15, 0.2) is 117 Å². The molecule has 4 aromatic carbocycles. The summed E-state index contributed by atoms with van der Waals surface area (Å²) in [5, 5.41) is 8.42. The van der Waals surface area contributed by atoms with Gasteiger partial charge in [-0.05, 0) is 136 Å². The van der Waals surface area contributed by atoms with Crippen LogP contribution in [-0.2, 0) is 34.2 Å². The summed E-state index contributed by atoms with van der Waals surface area (Å²) in [4.78, 5) is 85.0. The van der Waals surface area contributed by atoms with E-state index in [1.807, 2.05) is 35.1 Å². The van der Waals surface area contributed by atoms with E-state index < -0.39 is 88.9 Å². The van der Waals surface area contributed by atoms with Gasteiger partial charge in [0, 0.05) is 125 Å². The highest BCUT2D eigenvalue weighted by molar-refractivity contribution is 7.99. The summed E-state index contributed by atoms with van der Waals surface area (Å²) in [6, 6.07) is 20.7. The molecule has 5 aliphatic rings. The average molecular weight is 1320 g/mol. The van der Waals surface area contributed by atoms with Crippen LogP contribution in [0.4, 0.5) is 39.0 Å². The minimum Gasteiger partial charge on any atom is -0.385 e. The van der Waals surface area contributed by atoms with Crippen molar-refractivity contribution in [2.24, 2.45) is 5.41 Å². The number of fused-ring (bicyclic) bond motifs is 1. The Labute approximate surface area is 532 Å². The van der Waals surface area contributed by atoms with Gasteiger partial charge in [0.2, 0.25) is 24.1 Å². The molecule has 2 atom stereocenters. The lowest BCUT2D eigenvalue weighted by Gasteiger charge is -2.39. The fourth-order valence-electron chi connectivity index (χ4n) is 12.3. The lowest BCUT2D eigenvalue weighted by Crippen LogP contribution is -2.54. The van der Waals surface area contributed by atoms with Crippen LogP contribution in [-0.4, -0.2) is 174 Å². The van der Waals surface area contributed by atoms with Gasteiger partial charge < -0.3 is 20.4 Å². The molecule has 1 aliphatic carbocycles. The zero-order chi connectivity index (χ0) is 65.3. The van der Waals surface area contributed by atoms with Crippen LogP contribution >= 0.6 is 11.8 Å². The van der Waals surface area contributed by atoms with E-state index in [9.17, 15) is 67.6 Å². The molecule has 0 aromatic heterocycles. The van der Waals surface area contributed by atoms with Crippen molar-refractivity contribution in [2.45, 2.75) is 136 Å². The quantitative estimate of drug-likeness (QED) is 0.0143. The molecule has 6 amide bonds. The van der Waals surface area contributed by atoms with E-state index in [0.29, 0.717) is 103 Å². The number of imide groups is 2. The molecular weight excluding hydrogens is 1250 g/mol. The van der Waals surface area contributed by atoms with E-state index in [4.69, 9.17) is 0 Å². The number of carbonyl (C=O) groups excluding carboxylic acids is 6. The molecule has 19 nitrogen and oxygen atoms in total. The van der Waals surface area contributed by atoms with Crippen LogP contribution in [0.25, 0.3) is 0 Å². The predicted octanol–water partition coefficient (Wildman–Crippen LogP) is 9.34. The van der Waals surface area contributed by atoms with E-state index >= 15 is 0 Å². The largest absolute Gasteiger partial charge is 0.501 e. The van der Waals surface area contributed by atoms with Crippen molar-refractivity contribution in [3.8, 4) is 0 Å². The average Bonchev–Trinajstić information content (AvgIpc) is 1.75. The Hall–Kier alpha value is -6.94. The Bertz CT molecular complexity index is 3580. The second kappa shape index (κ2) is 29.8. The molecule has 0 bridgehead atoms. The lowest BCUT2D eigenvalue weighted by atomic mass is 9.73. The highest BCUT2D eigenvalue weighted by Crippen LogP contribution is 2.42. The third kappa shape index (κ3) is 17.6. The van der Waals surface area contributed by atoms with Gasteiger partial charge in [-0.25, -0.2) is 30.3 Å². The number of benzene rings is 4. The van der Waals surface area contributed by atoms with Gasteiger partial charge in [0.05, 0.1) is 21.7 Å². The van der Waals surface area contributed by atoms with Crippen molar-refractivity contribution in [3.63, 3.8) is 0 Å². The molecule has 3 fully saturated rings. The summed E-state index contributed by atoms with van der Waals surface area (Å²) in [6.07, 6.45) is 4.31. The number of anilines is 3. The van der Waals surface area contributed by atoms with Crippen molar-refractivity contribution >= 4 is 84.1 Å². The highest BCUT2D eigenvalue weighted by atomic mass is 32.2. The Balaban J connectivity index is 0.758. The fraction of sp³-hybridized carbons (Fsp3) is 0.500. The third-order valence-electron chi connectivity index (χ3n) is 17.5. The first-order chi connectivity index (χ1) is 43.2. The molecule has 91 heavy (non-hydrogen) atoms. The number of unbranched alkanes of at least 4 members (excludes halogenated alkanes) is 2. The molecule has 0 saturated carbocycles. The van der Waals surface area contributed by atoms with Crippen molar-refractivity contribution in [2.75, 3.05) is 93.3 Å². The maximum atomic E-state index is 14.5. The molecule has 27 heteroatoms. The molecule has 4 aliphatic heterocycles. The number of carbonyl (C=O) groups is 6. The number of piperidine rings is 1. The minimum absolute atomic E-state index is 0.0125. The zero-order valence-electron chi connectivity index (χ0n) is 51.0. The van der Waals surface area contributed by atoms with E-state index in [0.717, 1.165) is 72.9 Å². The van der Waals surface area contributed by atoms with Gasteiger partial charge >= 0.3 is 5.51 Å². The number of thioether (sulfide) groups is 1. The summed E-state index contributed by atoms with van der Waals surface area (Å²) in [5.41, 5.74) is -1.89. The Kier molecular flexibility index (Phi) is 22.4. The van der Waals surface area contributed by atoms with E-state index in [1.54, 1.807) is 29.2 Å². The Morgan fingerprint density at radius 1 is 0.758 bits per heavy atom. The minimum atomic E-state index is -6.18. The van der Waals surface area contributed by atoms with Gasteiger partial charge in [0.1, 0.15) is 10.9 Å². The van der Waals surface area contributed by atoms with Crippen molar-refractivity contribution in [1.82, 2.24) is 29.6 Å².